The van der Waals surface area contributed by atoms with Gasteiger partial charge in [0.15, 0.2) is 0 Å². The van der Waals surface area contributed by atoms with E-state index in [0.717, 1.165) is 22.8 Å². The Morgan fingerprint density at radius 3 is 3.00 bits per heavy atom. The summed E-state index contributed by atoms with van der Waals surface area (Å²) in [6, 6.07) is 11.2. The van der Waals surface area contributed by atoms with Gasteiger partial charge >= 0.3 is 0 Å². The van der Waals surface area contributed by atoms with Crippen LogP contribution in [-0.4, -0.2) is 10.4 Å². The Labute approximate surface area is 113 Å². The zero-order valence-electron chi connectivity index (χ0n) is 9.32. The van der Waals surface area contributed by atoms with E-state index in [1.165, 1.54) is 23.3 Å². The molecule has 88 valence electrons. The van der Waals surface area contributed by atoms with Gasteiger partial charge in [0, 0.05) is 27.5 Å². The number of benzene rings is 1. The van der Waals surface area contributed by atoms with Gasteiger partial charge in [-0.15, -0.1) is 0 Å². The van der Waals surface area contributed by atoms with Crippen LogP contribution in [0.5, 0.6) is 0 Å². The molecule has 2 aromatic rings. The highest BCUT2D eigenvalue weighted by Crippen LogP contribution is 2.25. The molecule has 0 atom stereocenters. The first-order valence-electron chi connectivity index (χ1n) is 5.76. The van der Waals surface area contributed by atoms with Gasteiger partial charge < -0.3 is 5.32 Å². The lowest BCUT2D eigenvalue weighted by atomic mass is 10.1. The van der Waals surface area contributed by atoms with E-state index in [9.17, 15) is 0 Å². The number of rotatable bonds is 4. The Morgan fingerprint density at radius 2 is 2.24 bits per heavy atom. The molecule has 1 fully saturated rings. The molecular formula is C13H13BrN2S. The van der Waals surface area contributed by atoms with E-state index >= 15 is 0 Å². The van der Waals surface area contributed by atoms with Crippen molar-refractivity contribution in [3.8, 4) is 11.3 Å². The average Bonchev–Trinajstić information content (AvgIpc) is 3.04. The predicted molar refractivity (Wildman–Crippen MR) is 75.1 cm³/mol. The van der Waals surface area contributed by atoms with Crippen LogP contribution in [0.1, 0.15) is 17.7 Å². The van der Waals surface area contributed by atoms with E-state index in [1.807, 2.05) is 12.1 Å². The summed E-state index contributed by atoms with van der Waals surface area (Å²) in [7, 11) is 0. The maximum Gasteiger partial charge on any atom is 0.0844 e. The van der Waals surface area contributed by atoms with Crippen molar-refractivity contribution in [1.29, 1.82) is 0 Å². The minimum atomic E-state index is 0.756. The second kappa shape index (κ2) is 4.88. The highest BCUT2D eigenvalue weighted by atomic mass is 79.9. The van der Waals surface area contributed by atoms with Crippen molar-refractivity contribution < 1.29 is 0 Å². The van der Waals surface area contributed by atoms with Gasteiger partial charge in [0.25, 0.3) is 0 Å². The molecule has 0 radical (unpaired) electrons. The van der Waals surface area contributed by atoms with Crippen LogP contribution in [0.3, 0.4) is 0 Å². The molecule has 0 unspecified atom stereocenters. The minimum Gasteiger partial charge on any atom is -0.309 e. The second-order valence-electron chi connectivity index (χ2n) is 4.34. The highest BCUT2D eigenvalue weighted by molar-refractivity contribution is 9.10. The molecule has 0 bridgehead atoms. The fourth-order valence-corrected chi connectivity index (χ4v) is 2.80. The van der Waals surface area contributed by atoms with Gasteiger partial charge in [-0.2, -0.15) is 4.37 Å². The van der Waals surface area contributed by atoms with Crippen LogP contribution >= 0.6 is 27.5 Å². The van der Waals surface area contributed by atoms with E-state index in [-0.39, 0.29) is 0 Å². The lowest BCUT2D eigenvalue weighted by Gasteiger charge is -1.98. The first kappa shape index (κ1) is 11.4. The molecule has 1 N–H and O–H groups in total. The normalized spacial score (nSPS) is 15.1. The van der Waals surface area contributed by atoms with Crippen molar-refractivity contribution >= 4 is 27.5 Å². The standard InChI is InChI=1S/C13H13BrN2S/c14-10-3-1-2-9(6-10)13-7-12(17-16-13)8-15-11-4-5-11/h1-3,6-7,11,15H,4-5,8H2. The van der Waals surface area contributed by atoms with Crippen LogP contribution in [0.2, 0.25) is 0 Å². The predicted octanol–water partition coefficient (Wildman–Crippen LogP) is 3.82. The first-order valence-corrected chi connectivity index (χ1v) is 7.33. The molecule has 0 saturated heterocycles. The Hall–Kier alpha value is -0.710. The van der Waals surface area contributed by atoms with E-state index in [4.69, 9.17) is 0 Å². The topological polar surface area (TPSA) is 24.9 Å². The zero-order valence-corrected chi connectivity index (χ0v) is 11.7. The molecule has 1 aromatic heterocycles. The first-order chi connectivity index (χ1) is 8.31. The van der Waals surface area contributed by atoms with Crippen molar-refractivity contribution in [2.45, 2.75) is 25.4 Å². The Kier molecular flexibility index (Phi) is 3.27. The molecule has 1 aliphatic rings. The monoisotopic (exact) mass is 308 g/mol. The van der Waals surface area contributed by atoms with Crippen LogP contribution in [-0.2, 0) is 6.54 Å². The van der Waals surface area contributed by atoms with Crippen LogP contribution in [0.4, 0.5) is 0 Å². The summed E-state index contributed by atoms with van der Waals surface area (Å²) < 4.78 is 5.60. The molecule has 4 heteroatoms. The van der Waals surface area contributed by atoms with Crippen LogP contribution in [0, 0.1) is 0 Å². The van der Waals surface area contributed by atoms with Crippen LogP contribution in [0.15, 0.2) is 34.8 Å². The molecule has 1 saturated carbocycles. The third kappa shape index (κ3) is 2.94. The third-order valence-electron chi connectivity index (χ3n) is 2.82. The molecular weight excluding hydrogens is 296 g/mol. The lowest BCUT2D eigenvalue weighted by molar-refractivity contribution is 0.695. The van der Waals surface area contributed by atoms with Gasteiger partial charge in [-0.1, -0.05) is 28.1 Å². The van der Waals surface area contributed by atoms with Crippen molar-refractivity contribution in [3.63, 3.8) is 0 Å². The Balaban J connectivity index is 1.74. The number of nitrogens with zero attached hydrogens (tertiary/aromatic N) is 1. The lowest BCUT2D eigenvalue weighted by Crippen LogP contribution is -2.14. The minimum absolute atomic E-state index is 0.756. The van der Waals surface area contributed by atoms with Crippen LogP contribution < -0.4 is 5.32 Å². The highest BCUT2D eigenvalue weighted by Gasteiger charge is 2.20. The largest absolute Gasteiger partial charge is 0.309 e. The molecule has 3 rings (SSSR count). The smallest absolute Gasteiger partial charge is 0.0844 e. The zero-order chi connectivity index (χ0) is 11.7. The number of nitrogens with one attached hydrogen (secondary N) is 1. The quantitative estimate of drug-likeness (QED) is 0.928. The molecule has 2 nitrogen and oxygen atoms in total. The SMILES string of the molecule is Brc1cccc(-c2cc(CNC3CC3)sn2)c1. The summed E-state index contributed by atoms with van der Waals surface area (Å²) in [5, 5.41) is 3.51. The van der Waals surface area contributed by atoms with Gasteiger partial charge in [-0.3, -0.25) is 0 Å². The summed E-state index contributed by atoms with van der Waals surface area (Å²) in [4.78, 5) is 1.31. The summed E-state index contributed by atoms with van der Waals surface area (Å²) in [6.07, 6.45) is 2.66. The van der Waals surface area contributed by atoms with Crippen molar-refractivity contribution in [1.82, 2.24) is 9.69 Å². The van der Waals surface area contributed by atoms with Gasteiger partial charge in [-0.25, -0.2) is 0 Å². The average molecular weight is 309 g/mol. The number of halogens is 1. The van der Waals surface area contributed by atoms with Crippen molar-refractivity contribution in [3.05, 3.63) is 39.7 Å². The Bertz CT molecular complexity index is 520. The summed E-state index contributed by atoms with van der Waals surface area (Å²) in [5.74, 6) is 0. The van der Waals surface area contributed by atoms with Crippen molar-refractivity contribution in [2.75, 3.05) is 0 Å². The fraction of sp³-hybridized carbons (Fsp3) is 0.308. The molecule has 0 spiro atoms. The summed E-state index contributed by atoms with van der Waals surface area (Å²) in [5.41, 5.74) is 2.25. The number of hydrogen-bond acceptors (Lipinski definition) is 3. The fourth-order valence-electron chi connectivity index (χ4n) is 1.71. The molecule has 1 aromatic carbocycles. The van der Waals surface area contributed by atoms with Gasteiger partial charge in [0.1, 0.15) is 0 Å². The third-order valence-corrected chi connectivity index (χ3v) is 4.10. The van der Waals surface area contributed by atoms with E-state index in [2.05, 4.69) is 43.8 Å². The Morgan fingerprint density at radius 1 is 1.35 bits per heavy atom. The summed E-state index contributed by atoms with van der Waals surface area (Å²) in [6.45, 7) is 0.955. The van der Waals surface area contributed by atoms with Gasteiger partial charge in [0.2, 0.25) is 0 Å². The van der Waals surface area contributed by atoms with Crippen LogP contribution in [0.25, 0.3) is 11.3 Å². The maximum absolute atomic E-state index is 4.51. The van der Waals surface area contributed by atoms with E-state index in [1.54, 1.807) is 11.5 Å². The molecule has 17 heavy (non-hydrogen) atoms. The number of hydrogen-bond donors (Lipinski definition) is 1. The number of aromatic nitrogens is 1. The molecule has 0 aliphatic heterocycles. The molecule has 1 aliphatic carbocycles. The van der Waals surface area contributed by atoms with Crippen molar-refractivity contribution in [2.24, 2.45) is 0 Å². The van der Waals surface area contributed by atoms with E-state index in [0.29, 0.717) is 0 Å². The van der Waals surface area contributed by atoms with Gasteiger partial charge in [0.05, 0.1) is 5.69 Å². The summed E-state index contributed by atoms with van der Waals surface area (Å²) >= 11 is 5.08. The second-order valence-corrected chi connectivity index (χ2v) is 6.15. The molecule has 1 heterocycles. The van der Waals surface area contributed by atoms with E-state index < -0.39 is 0 Å². The molecule has 0 amide bonds. The van der Waals surface area contributed by atoms with Gasteiger partial charge in [-0.05, 0) is 42.6 Å². The maximum atomic E-state index is 4.51.